The van der Waals surface area contributed by atoms with Crippen molar-refractivity contribution in [1.29, 1.82) is 0 Å². The van der Waals surface area contributed by atoms with E-state index in [9.17, 15) is 0 Å². The van der Waals surface area contributed by atoms with Gasteiger partial charge in [0.05, 0.1) is 6.04 Å². The Kier molecular flexibility index (Phi) is 3.84. The van der Waals surface area contributed by atoms with Crippen molar-refractivity contribution in [3.63, 3.8) is 0 Å². The molecule has 21 heavy (non-hydrogen) atoms. The molecule has 1 unspecified atom stereocenters. The molecule has 0 spiro atoms. The van der Waals surface area contributed by atoms with Crippen LogP contribution >= 0.6 is 0 Å². The molecular formula is C18H21NO2. The first-order valence-corrected chi connectivity index (χ1v) is 7.33. The van der Waals surface area contributed by atoms with Gasteiger partial charge in [0.15, 0.2) is 11.5 Å². The van der Waals surface area contributed by atoms with Crippen molar-refractivity contribution in [2.24, 2.45) is 0 Å². The van der Waals surface area contributed by atoms with Crippen molar-refractivity contribution in [1.82, 2.24) is 5.32 Å². The summed E-state index contributed by atoms with van der Waals surface area (Å²) in [5, 5.41) is 3.43. The van der Waals surface area contributed by atoms with E-state index in [-0.39, 0.29) is 6.04 Å². The zero-order chi connectivity index (χ0) is 14.8. The van der Waals surface area contributed by atoms with E-state index in [1.54, 1.807) is 0 Å². The van der Waals surface area contributed by atoms with Crippen molar-refractivity contribution in [2.75, 3.05) is 20.3 Å². The summed E-state index contributed by atoms with van der Waals surface area (Å²) in [5.41, 5.74) is 5.12. The third kappa shape index (κ3) is 2.61. The van der Waals surface area contributed by atoms with Crippen molar-refractivity contribution >= 4 is 0 Å². The van der Waals surface area contributed by atoms with E-state index in [4.69, 9.17) is 9.47 Å². The van der Waals surface area contributed by atoms with Gasteiger partial charge in [-0.2, -0.15) is 0 Å². The lowest BCUT2D eigenvalue weighted by molar-refractivity contribution is 0.171. The van der Waals surface area contributed by atoms with Gasteiger partial charge in [-0.1, -0.05) is 24.3 Å². The molecule has 3 heteroatoms. The Morgan fingerprint density at radius 3 is 2.29 bits per heavy atom. The molecule has 0 aromatic heterocycles. The van der Waals surface area contributed by atoms with Crippen LogP contribution in [0.2, 0.25) is 0 Å². The molecule has 110 valence electrons. The Bertz CT molecular complexity index is 631. The SMILES string of the molecule is CNC(c1ccc2c(c1)OCCO2)c1c(C)cccc1C. The number of hydrogen-bond donors (Lipinski definition) is 1. The lowest BCUT2D eigenvalue weighted by Crippen LogP contribution is -2.21. The van der Waals surface area contributed by atoms with E-state index >= 15 is 0 Å². The Hall–Kier alpha value is -2.00. The average Bonchev–Trinajstić information content (AvgIpc) is 2.50. The van der Waals surface area contributed by atoms with Crippen molar-refractivity contribution in [3.05, 3.63) is 58.7 Å². The predicted molar refractivity (Wildman–Crippen MR) is 84.3 cm³/mol. The van der Waals surface area contributed by atoms with Crippen LogP contribution in [0.25, 0.3) is 0 Å². The van der Waals surface area contributed by atoms with E-state index in [0.717, 1.165) is 11.5 Å². The Morgan fingerprint density at radius 1 is 0.952 bits per heavy atom. The highest BCUT2D eigenvalue weighted by Crippen LogP contribution is 2.35. The van der Waals surface area contributed by atoms with Gasteiger partial charge in [0.1, 0.15) is 13.2 Å². The Morgan fingerprint density at radius 2 is 1.62 bits per heavy atom. The maximum Gasteiger partial charge on any atom is 0.161 e. The number of fused-ring (bicyclic) bond motifs is 1. The molecule has 0 aliphatic carbocycles. The first-order valence-electron chi connectivity index (χ1n) is 7.33. The first kappa shape index (κ1) is 14.0. The molecular weight excluding hydrogens is 262 g/mol. The summed E-state index contributed by atoms with van der Waals surface area (Å²) >= 11 is 0. The maximum absolute atomic E-state index is 5.70. The summed E-state index contributed by atoms with van der Waals surface area (Å²) in [4.78, 5) is 0. The van der Waals surface area contributed by atoms with Crippen molar-refractivity contribution in [3.8, 4) is 11.5 Å². The topological polar surface area (TPSA) is 30.5 Å². The van der Waals surface area contributed by atoms with Crippen molar-refractivity contribution in [2.45, 2.75) is 19.9 Å². The summed E-state index contributed by atoms with van der Waals surface area (Å²) in [6, 6.07) is 12.8. The van der Waals surface area contributed by atoms with Gasteiger partial charge < -0.3 is 14.8 Å². The summed E-state index contributed by atoms with van der Waals surface area (Å²) in [6.07, 6.45) is 0. The zero-order valence-electron chi connectivity index (χ0n) is 12.8. The minimum Gasteiger partial charge on any atom is -0.486 e. The van der Waals surface area contributed by atoms with E-state index in [1.807, 2.05) is 13.1 Å². The molecule has 0 fully saturated rings. The van der Waals surface area contributed by atoms with Gasteiger partial charge in [0.2, 0.25) is 0 Å². The van der Waals surface area contributed by atoms with Crippen LogP contribution in [-0.2, 0) is 0 Å². The fraction of sp³-hybridized carbons (Fsp3) is 0.333. The molecule has 0 amide bonds. The Labute approximate surface area is 125 Å². The molecule has 2 aromatic carbocycles. The lowest BCUT2D eigenvalue weighted by Gasteiger charge is -2.24. The van der Waals surface area contributed by atoms with Crippen LogP contribution in [0.4, 0.5) is 0 Å². The van der Waals surface area contributed by atoms with Crippen molar-refractivity contribution < 1.29 is 9.47 Å². The minimum atomic E-state index is 0.155. The van der Waals surface area contributed by atoms with Crippen LogP contribution < -0.4 is 14.8 Å². The van der Waals surface area contributed by atoms with Gasteiger partial charge in [-0.15, -0.1) is 0 Å². The van der Waals surface area contributed by atoms with Gasteiger partial charge in [-0.25, -0.2) is 0 Å². The molecule has 1 aliphatic heterocycles. The van der Waals surface area contributed by atoms with Crippen LogP contribution in [0, 0.1) is 13.8 Å². The quantitative estimate of drug-likeness (QED) is 0.936. The summed E-state index contributed by atoms with van der Waals surface area (Å²) < 4.78 is 11.3. The molecule has 3 rings (SSSR count). The molecule has 0 radical (unpaired) electrons. The molecule has 0 bridgehead atoms. The summed E-state index contributed by atoms with van der Waals surface area (Å²) in [5.74, 6) is 1.67. The molecule has 1 atom stereocenters. The number of hydrogen-bond acceptors (Lipinski definition) is 3. The average molecular weight is 283 g/mol. The van der Waals surface area contributed by atoms with Crippen LogP contribution in [-0.4, -0.2) is 20.3 Å². The molecule has 0 saturated heterocycles. The highest BCUT2D eigenvalue weighted by molar-refractivity contribution is 5.48. The van der Waals surface area contributed by atoms with E-state index < -0.39 is 0 Å². The molecule has 0 saturated carbocycles. The number of nitrogens with one attached hydrogen (secondary N) is 1. The van der Waals surface area contributed by atoms with E-state index in [1.165, 1.54) is 22.3 Å². The van der Waals surface area contributed by atoms with Crippen LogP contribution in [0.3, 0.4) is 0 Å². The standard InChI is InChI=1S/C18H21NO2/c1-12-5-4-6-13(2)17(12)18(19-3)14-7-8-15-16(11-14)21-10-9-20-15/h4-8,11,18-19H,9-10H2,1-3H3. The normalized spacial score (nSPS) is 14.8. The van der Waals surface area contributed by atoms with Gasteiger partial charge in [-0.05, 0) is 55.3 Å². The lowest BCUT2D eigenvalue weighted by atomic mass is 9.91. The largest absolute Gasteiger partial charge is 0.486 e. The maximum atomic E-state index is 5.70. The molecule has 2 aromatic rings. The number of benzene rings is 2. The van der Waals surface area contributed by atoms with Gasteiger partial charge in [-0.3, -0.25) is 0 Å². The minimum absolute atomic E-state index is 0.155. The third-order valence-electron chi connectivity index (χ3n) is 4.02. The molecule has 1 aliphatic rings. The Balaban J connectivity index is 2.04. The predicted octanol–water partition coefficient (Wildman–Crippen LogP) is 3.38. The molecule has 1 N–H and O–H groups in total. The first-order chi connectivity index (χ1) is 10.2. The smallest absolute Gasteiger partial charge is 0.161 e. The highest BCUT2D eigenvalue weighted by atomic mass is 16.6. The number of rotatable bonds is 3. The third-order valence-corrected chi connectivity index (χ3v) is 4.02. The van der Waals surface area contributed by atoms with Gasteiger partial charge in [0.25, 0.3) is 0 Å². The molecule has 3 nitrogen and oxygen atoms in total. The van der Waals surface area contributed by atoms with Crippen LogP contribution in [0.5, 0.6) is 11.5 Å². The van der Waals surface area contributed by atoms with Gasteiger partial charge in [0, 0.05) is 0 Å². The monoisotopic (exact) mass is 283 g/mol. The van der Waals surface area contributed by atoms with Crippen LogP contribution in [0.1, 0.15) is 28.3 Å². The summed E-state index contributed by atoms with van der Waals surface area (Å²) in [7, 11) is 1.99. The second kappa shape index (κ2) is 5.78. The zero-order valence-corrected chi connectivity index (χ0v) is 12.8. The second-order valence-corrected chi connectivity index (χ2v) is 5.43. The fourth-order valence-electron chi connectivity index (χ4n) is 3.00. The second-order valence-electron chi connectivity index (χ2n) is 5.43. The number of aryl methyl sites for hydroxylation is 2. The van der Waals surface area contributed by atoms with Gasteiger partial charge >= 0.3 is 0 Å². The number of ether oxygens (including phenoxy) is 2. The van der Waals surface area contributed by atoms with Crippen LogP contribution in [0.15, 0.2) is 36.4 Å². The summed E-state index contributed by atoms with van der Waals surface area (Å²) in [6.45, 7) is 5.55. The van der Waals surface area contributed by atoms with E-state index in [0.29, 0.717) is 13.2 Å². The fourth-order valence-corrected chi connectivity index (χ4v) is 3.00. The molecule has 1 heterocycles. The van der Waals surface area contributed by atoms with E-state index in [2.05, 4.69) is 49.5 Å². The highest BCUT2D eigenvalue weighted by Gasteiger charge is 2.19.